The Balaban J connectivity index is 0.00000192. The van der Waals surface area contributed by atoms with Gasteiger partial charge < -0.3 is 10.6 Å². The van der Waals surface area contributed by atoms with E-state index in [0.717, 1.165) is 19.5 Å². The van der Waals surface area contributed by atoms with Crippen molar-refractivity contribution in [1.29, 1.82) is 0 Å². The van der Waals surface area contributed by atoms with Crippen LogP contribution in [0.2, 0.25) is 0 Å². The van der Waals surface area contributed by atoms with E-state index in [4.69, 9.17) is 0 Å². The van der Waals surface area contributed by atoms with Crippen molar-refractivity contribution in [1.82, 2.24) is 25.6 Å². The highest BCUT2D eigenvalue weighted by atomic mass is 35.5. The van der Waals surface area contributed by atoms with Crippen molar-refractivity contribution < 1.29 is 9.18 Å². The van der Waals surface area contributed by atoms with Gasteiger partial charge in [-0.15, -0.1) is 17.5 Å². The van der Waals surface area contributed by atoms with Crippen LogP contribution in [-0.4, -0.2) is 40.5 Å². The topological polar surface area (TPSA) is 71.8 Å². The molecule has 0 unspecified atom stereocenters. The summed E-state index contributed by atoms with van der Waals surface area (Å²) < 4.78 is 12.9. The van der Waals surface area contributed by atoms with Gasteiger partial charge in [-0.3, -0.25) is 4.79 Å². The van der Waals surface area contributed by atoms with Gasteiger partial charge in [0.05, 0.1) is 11.9 Å². The lowest BCUT2D eigenvalue weighted by Gasteiger charge is -2.13. The van der Waals surface area contributed by atoms with Gasteiger partial charge in [-0.2, -0.15) is 9.90 Å². The van der Waals surface area contributed by atoms with Crippen LogP contribution in [0.15, 0.2) is 42.1 Å². The largest absolute Gasteiger partial charge is 0.347 e. The second kappa shape index (κ2) is 7.85. The van der Waals surface area contributed by atoms with Crippen molar-refractivity contribution in [3.05, 3.63) is 53.6 Å². The monoisotopic (exact) mass is 337 g/mol. The zero-order valence-corrected chi connectivity index (χ0v) is 13.1. The van der Waals surface area contributed by atoms with Crippen LogP contribution in [0.25, 0.3) is 5.69 Å². The van der Waals surface area contributed by atoms with E-state index in [1.807, 2.05) is 0 Å². The normalized spacial score (nSPS) is 13.9. The maximum atomic E-state index is 12.9. The zero-order chi connectivity index (χ0) is 15.4. The Morgan fingerprint density at radius 3 is 2.83 bits per heavy atom. The summed E-state index contributed by atoms with van der Waals surface area (Å²) in [7, 11) is 0. The SMILES string of the molecule is Cl.O=C(NCC1=CCNCC1)c1cnn(-c2ccc(F)cc2)n1. The lowest BCUT2D eigenvalue weighted by atomic mass is 10.1. The third-order valence-electron chi connectivity index (χ3n) is 3.42. The summed E-state index contributed by atoms with van der Waals surface area (Å²) in [4.78, 5) is 13.4. The lowest BCUT2D eigenvalue weighted by molar-refractivity contribution is 0.0951. The van der Waals surface area contributed by atoms with E-state index in [1.165, 1.54) is 28.7 Å². The number of nitrogens with one attached hydrogen (secondary N) is 2. The highest BCUT2D eigenvalue weighted by molar-refractivity contribution is 5.92. The van der Waals surface area contributed by atoms with E-state index in [1.54, 1.807) is 12.1 Å². The fraction of sp³-hybridized carbons (Fsp3) is 0.267. The Morgan fingerprint density at radius 1 is 1.35 bits per heavy atom. The number of amides is 1. The second-order valence-electron chi connectivity index (χ2n) is 4.99. The molecule has 2 N–H and O–H groups in total. The van der Waals surface area contributed by atoms with Crippen molar-refractivity contribution >= 4 is 18.3 Å². The Labute approximate surface area is 139 Å². The molecular formula is C15H17ClFN5O. The number of nitrogens with zero attached hydrogens (tertiary/aromatic N) is 3. The highest BCUT2D eigenvalue weighted by Crippen LogP contribution is 2.07. The van der Waals surface area contributed by atoms with Gasteiger partial charge in [0.1, 0.15) is 5.82 Å². The number of hydrogen-bond donors (Lipinski definition) is 2. The van der Waals surface area contributed by atoms with Crippen LogP contribution in [0.1, 0.15) is 16.9 Å². The molecule has 0 saturated carbocycles. The Hall–Kier alpha value is -2.25. The van der Waals surface area contributed by atoms with Gasteiger partial charge in [0.15, 0.2) is 5.69 Å². The number of halogens is 2. The summed E-state index contributed by atoms with van der Waals surface area (Å²) in [6.45, 7) is 2.29. The molecule has 0 saturated heterocycles. The van der Waals surface area contributed by atoms with Crippen molar-refractivity contribution in [2.24, 2.45) is 0 Å². The molecule has 0 atom stereocenters. The van der Waals surface area contributed by atoms with Gasteiger partial charge in [-0.05, 0) is 37.2 Å². The molecule has 122 valence electrons. The molecule has 23 heavy (non-hydrogen) atoms. The lowest BCUT2D eigenvalue weighted by Crippen LogP contribution is -2.29. The molecule has 1 aromatic carbocycles. The first-order chi connectivity index (χ1) is 10.7. The Morgan fingerprint density at radius 2 is 2.13 bits per heavy atom. The first-order valence-corrected chi connectivity index (χ1v) is 7.07. The molecule has 1 aliphatic heterocycles. The molecule has 0 bridgehead atoms. The quantitative estimate of drug-likeness (QED) is 0.829. The molecular weight excluding hydrogens is 321 g/mol. The Bertz CT molecular complexity index is 698. The average molecular weight is 338 g/mol. The van der Waals surface area contributed by atoms with Crippen LogP contribution in [0.4, 0.5) is 4.39 Å². The van der Waals surface area contributed by atoms with Gasteiger partial charge in [0.25, 0.3) is 5.91 Å². The van der Waals surface area contributed by atoms with E-state index in [-0.39, 0.29) is 29.8 Å². The van der Waals surface area contributed by atoms with Gasteiger partial charge in [0, 0.05) is 13.1 Å². The van der Waals surface area contributed by atoms with Crippen LogP contribution in [0, 0.1) is 5.82 Å². The molecule has 3 rings (SSSR count). The van der Waals surface area contributed by atoms with Gasteiger partial charge in [-0.25, -0.2) is 4.39 Å². The van der Waals surface area contributed by atoms with Crippen LogP contribution in [-0.2, 0) is 0 Å². The summed E-state index contributed by atoms with van der Waals surface area (Å²) in [5.74, 6) is -0.600. The van der Waals surface area contributed by atoms with E-state index in [0.29, 0.717) is 12.2 Å². The minimum atomic E-state index is -0.330. The van der Waals surface area contributed by atoms with E-state index < -0.39 is 0 Å². The summed E-state index contributed by atoms with van der Waals surface area (Å²) in [6, 6.07) is 5.75. The average Bonchev–Trinajstić information content (AvgIpc) is 3.04. The number of carbonyl (C=O) groups excluding carboxylic acids is 1. The smallest absolute Gasteiger partial charge is 0.273 e. The predicted molar refractivity (Wildman–Crippen MR) is 86.5 cm³/mol. The standard InChI is InChI=1S/C15H16FN5O.ClH/c16-12-1-3-13(4-2-12)21-19-10-14(20-21)15(22)18-9-11-5-7-17-8-6-11;/h1-5,10,17H,6-9H2,(H,18,22);1H. The molecule has 1 aromatic heterocycles. The molecule has 1 amide bonds. The van der Waals surface area contributed by atoms with Gasteiger partial charge in [0.2, 0.25) is 0 Å². The van der Waals surface area contributed by atoms with Crippen molar-refractivity contribution in [2.75, 3.05) is 19.6 Å². The molecule has 0 aliphatic carbocycles. The third-order valence-corrected chi connectivity index (χ3v) is 3.42. The summed E-state index contributed by atoms with van der Waals surface area (Å²) in [6.07, 6.45) is 4.41. The van der Waals surface area contributed by atoms with E-state index in [9.17, 15) is 9.18 Å². The maximum Gasteiger partial charge on any atom is 0.273 e. The first-order valence-electron chi connectivity index (χ1n) is 7.07. The maximum absolute atomic E-state index is 12.9. The molecule has 1 aliphatic rings. The molecule has 8 heteroatoms. The first kappa shape index (κ1) is 17.1. The fourth-order valence-corrected chi connectivity index (χ4v) is 2.18. The molecule has 0 fully saturated rings. The number of aromatic nitrogens is 3. The highest BCUT2D eigenvalue weighted by Gasteiger charge is 2.12. The Kier molecular flexibility index (Phi) is 5.84. The third kappa shape index (κ3) is 4.37. The van der Waals surface area contributed by atoms with Crippen LogP contribution >= 0.6 is 12.4 Å². The minimum Gasteiger partial charge on any atom is -0.347 e. The van der Waals surface area contributed by atoms with Crippen LogP contribution < -0.4 is 10.6 Å². The van der Waals surface area contributed by atoms with Crippen molar-refractivity contribution in [3.8, 4) is 5.69 Å². The molecule has 2 aromatic rings. The number of hydrogen-bond acceptors (Lipinski definition) is 4. The van der Waals surface area contributed by atoms with Crippen molar-refractivity contribution in [2.45, 2.75) is 6.42 Å². The van der Waals surface area contributed by atoms with Gasteiger partial charge >= 0.3 is 0 Å². The zero-order valence-electron chi connectivity index (χ0n) is 12.3. The summed E-state index contributed by atoms with van der Waals surface area (Å²) >= 11 is 0. The van der Waals surface area contributed by atoms with Gasteiger partial charge in [-0.1, -0.05) is 11.6 Å². The molecule has 0 radical (unpaired) electrons. The van der Waals surface area contributed by atoms with E-state index in [2.05, 4.69) is 26.9 Å². The second-order valence-corrected chi connectivity index (χ2v) is 4.99. The predicted octanol–water partition coefficient (Wildman–Crippen LogP) is 1.48. The molecule has 6 nitrogen and oxygen atoms in total. The number of rotatable bonds is 4. The van der Waals surface area contributed by atoms with Crippen LogP contribution in [0.5, 0.6) is 0 Å². The summed E-state index contributed by atoms with van der Waals surface area (Å²) in [5.41, 5.74) is 2.04. The number of carbonyl (C=O) groups is 1. The number of benzene rings is 1. The fourth-order valence-electron chi connectivity index (χ4n) is 2.18. The summed E-state index contributed by atoms with van der Waals surface area (Å²) in [5, 5.41) is 14.2. The molecule has 0 spiro atoms. The minimum absolute atomic E-state index is 0. The molecule has 2 heterocycles. The van der Waals surface area contributed by atoms with Crippen LogP contribution in [0.3, 0.4) is 0 Å². The van der Waals surface area contributed by atoms with E-state index >= 15 is 0 Å². The van der Waals surface area contributed by atoms with Crippen molar-refractivity contribution in [3.63, 3.8) is 0 Å².